The largest absolute Gasteiger partial charge is 1.00 e. The Balaban J connectivity index is 0. The molecular formula is C51H82IN2NaO10P2SSi2. The van der Waals surface area contributed by atoms with E-state index in [0.29, 0.717) is 73.0 Å². The summed E-state index contributed by atoms with van der Waals surface area (Å²) in [4.78, 5) is 27.1. The second-order valence-corrected chi connectivity index (χ2v) is 39.2. The minimum Gasteiger partial charge on any atom is -1.00 e. The van der Waals surface area contributed by atoms with Crippen LogP contribution in [0.2, 0.25) is 51.4 Å². The van der Waals surface area contributed by atoms with Gasteiger partial charge in [-0.15, -0.1) is 0 Å². The summed E-state index contributed by atoms with van der Waals surface area (Å²) in [6, 6.07) is 6.38. The zero-order valence-electron chi connectivity index (χ0n) is 47.7. The van der Waals surface area contributed by atoms with E-state index in [1.165, 1.54) is 0 Å². The molecule has 2 aliphatic rings. The third-order valence-corrected chi connectivity index (χ3v) is 20.1. The van der Waals surface area contributed by atoms with E-state index < -0.39 is 41.2 Å². The number of fused-ring (bicyclic) bond motifs is 2. The number of nitrogens with zero attached hydrogens (tertiary/aromatic N) is 2. The van der Waals surface area contributed by atoms with Crippen LogP contribution in [0.3, 0.4) is 0 Å². The molecule has 2 unspecified atom stereocenters. The van der Waals surface area contributed by atoms with Crippen LogP contribution in [0.5, 0.6) is 23.0 Å². The van der Waals surface area contributed by atoms with E-state index in [-0.39, 0.29) is 62.4 Å². The maximum absolute atomic E-state index is 12.7. The Labute approximate surface area is 467 Å². The molecule has 2 aromatic carbocycles. The first kappa shape index (κ1) is 66.0. The molecule has 19 heteroatoms. The van der Waals surface area contributed by atoms with Crippen LogP contribution in [0.15, 0.2) is 23.3 Å². The molecule has 70 heavy (non-hydrogen) atoms. The molecule has 4 rings (SSSR count). The predicted molar refractivity (Wildman–Crippen MR) is 303 cm³/mol. The van der Waals surface area contributed by atoms with E-state index in [1.54, 1.807) is 47.8 Å². The Hall–Kier alpha value is -1.99. The molecule has 12 nitrogen and oxygen atoms in total. The molecule has 0 aromatic heterocycles. The number of alkyl halides is 1. The topological polar surface area (TPSA) is 171 Å². The van der Waals surface area contributed by atoms with E-state index in [1.807, 2.05) is 44.8 Å². The molecule has 0 spiro atoms. The summed E-state index contributed by atoms with van der Waals surface area (Å²) in [5.74, 6) is 1.74. The molecule has 2 aromatic rings. The van der Waals surface area contributed by atoms with Gasteiger partial charge in [-0.25, -0.2) is 9.59 Å². The van der Waals surface area contributed by atoms with Crippen LogP contribution in [-0.4, -0.2) is 104 Å². The number of rotatable bonds is 20. The molecule has 0 amide bonds. The third-order valence-electron chi connectivity index (χ3n) is 12.2. The van der Waals surface area contributed by atoms with Gasteiger partial charge in [0.05, 0.1) is 46.7 Å². The summed E-state index contributed by atoms with van der Waals surface area (Å²) in [6.45, 7) is 31.3. The number of halogens is 1. The van der Waals surface area contributed by atoms with Crippen molar-refractivity contribution < 1.29 is 79.5 Å². The van der Waals surface area contributed by atoms with Crippen molar-refractivity contribution >= 4 is 77.6 Å². The predicted octanol–water partition coefficient (Wildman–Crippen LogP) is 10.7. The van der Waals surface area contributed by atoms with Crippen molar-refractivity contribution in [3.63, 3.8) is 0 Å². The van der Waals surface area contributed by atoms with Gasteiger partial charge in [0.1, 0.15) is 65.3 Å². The van der Waals surface area contributed by atoms with E-state index >= 15 is 0 Å². The second-order valence-electron chi connectivity index (χ2n) is 20.8. The first-order valence-corrected chi connectivity index (χ1v) is 38.4. The Morgan fingerprint density at radius 1 is 0.814 bits per heavy atom. The Morgan fingerprint density at radius 3 is 1.49 bits per heavy atom. The number of nitriles is 2. The number of allylic oxidation sites excluding steroid dienone is 4. The zero-order valence-corrected chi connectivity index (χ0v) is 54.5. The molecule has 2 aliphatic heterocycles. The number of cyclic esters (lactones) is 2. The average Bonchev–Trinajstić information content (AvgIpc) is 3.85. The number of ether oxygens (including phenoxy) is 6. The Morgan fingerprint density at radius 2 is 1.19 bits per heavy atom. The number of thiol groups is 1. The SMILES string of the molecule is CI.COc1c(C)c2c(c(OCC[Si](C)(C)C)c1C/C=C(\C)CC(C#N)P(C)(C)=O)C(=O)OC2.COc1c(C)c2c(c(OCC[Si](C)(C)C)c1C/C=C(\C)CC(C)(C#N)P(C)(C)=O)C(=O)OC2.[2H]CS.[H-].[Na+]. The normalized spacial score (nSPS) is 14.8. The van der Waals surface area contributed by atoms with E-state index in [4.69, 9.17) is 29.8 Å². The smallest absolute Gasteiger partial charge is 1.00 e. The van der Waals surface area contributed by atoms with Crippen molar-refractivity contribution in [1.82, 2.24) is 0 Å². The molecular weight excluding hydrogens is 1100 g/mol. The van der Waals surface area contributed by atoms with Crippen molar-refractivity contribution in [3.05, 3.63) is 67.8 Å². The van der Waals surface area contributed by atoms with Gasteiger partial charge >= 0.3 is 41.5 Å². The van der Waals surface area contributed by atoms with Gasteiger partial charge in [-0.2, -0.15) is 23.2 Å². The van der Waals surface area contributed by atoms with Crippen LogP contribution in [0, 0.1) is 36.5 Å². The maximum Gasteiger partial charge on any atom is 1.00 e. The third kappa shape index (κ3) is 19.1. The fourth-order valence-electron chi connectivity index (χ4n) is 7.57. The number of hydrogen-bond acceptors (Lipinski definition) is 13. The van der Waals surface area contributed by atoms with Gasteiger partial charge in [0.25, 0.3) is 0 Å². The van der Waals surface area contributed by atoms with Gasteiger partial charge in [-0.3, -0.25) is 0 Å². The first-order chi connectivity index (χ1) is 32.4. The van der Waals surface area contributed by atoms with Gasteiger partial charge in [-0.05, 0) is 121 Å². The number of methoxy groups -OCH3 is 2. The van der Waals surface area contributed by atoms with Crippen LogP contribution < -0.4 is 48.5 Å². The first-order valence-electron chi connectivity index (χ1n) is 23.6. The molecule has 0 saturated heterocycles. The summed E-state index contributed by atoms with van der Waals surface area (Å²) in [6.07, 6.45) is 6.02. The molecule has 388 valence electrons. The van der Waals surface area contributed by atoms with Crippen LogP contribution in [0.1, 0.15) is 90.5 Å². The average molecular weight is 1180 g/mol. The standard InChI is InChI=1S/C25H38NO5PSi.C24H36NO5PSi.CH3I.CH4S.Na.H/c1-17(14-25(3,16-26)32(5,6)28)10-11-19-22(29-4)18(2)20-15-31-24(27)21(20)23(19)30-12-13-33(7,8)9;1-16(13-18(14-25)31(4,5)27)9-10-19-22(28-3)17(2)20-15-30-24(26)21(20)23(19)29-11-12-32(6,7)8;2*1-2;;/h10H,11-15H2,1-9H3;9,18H,10-13,15H2,1-8H3;1H3;2H,1H3;;/q;;;;+1;-1/b17-10+;16-9+;;;;/i;;;1D;;. The molecule has 0 aliphatic carbocycles. The number of carbonyl (C=O) groups is 2. The summed E-state index contributed by atoms with van der Waals surface area (Å²) in [7, 11) is -4.56. The van der Waals surface area contributed by atoms with Gasteiger partial charge < -0.3 is 39.0 Å². The van der Waals surface area contributed by atoms with E-state index in [0.717, 1.165) is 56.6 Å². The number of benzene rings is 2. The fourth-order valence-corrected chi connectivity index (χ4v) is 10.9. The summed E-state index contributed by atoms with van der Waals surface area (Å²) in [5, 5.41) is 18.2. The Kier molecular flexibility index (Phi) is 28.1. The van der Waals surface area contributed by atoms with Crippen LogP contribution in [0.25, 0.3) is 0 Å². The van der Waals surface area contributed by atoms with Crippen LogP contribution in [0.4, 0.5) is 0 Å². The number of carbonyl (C=O) groups excluding carboxylic acids is 2. The Bertz CT molecular complexity index is 2430. The minimum absolute atomic E-state index is 0. The van der Waals surface area contributed by atoms with Crippen molar-refractivity contribution in [1.29, 1.82) is 10.5 Å². The molecule has 0 bridgehead atoms. The minimum atomic E-state index is -2.63. The van der Waals surface area contributed by atoms with Crippen molar-refractivity contribution in [2.24, 2.45) is 0 Å². The molecule has 0 saturated carbocycles. The summed E-state index contributed by atoms with van der Waals surface area (Å²) < 4.78 is 65.8. The van der Waals surface area contributed by atoms with Gasteiger partial charge in [-0.1, -0.05) is 85.2 Å². The molecule has 0 fully saturated rings. The van der Waals surface area contributed by atoms with Gasteiger partial charge in [0.2, 0.25) is 0 Å². The van der Waals surface area contributed by atoms with E-state index in [9.17, 15) is 29.2 Å². The fraction of sp³-hybridized carbons (Fsp3) is 0.608. The maximum atomic E-state index is 12.7. The number of esters is 2. The molecule has 2 heterocycles. The number of hydrogen-bond donors (Lipinski definition) is 1. The van der Waals surface area contributed by atoms with Crippen molar-refractivity contribution in [2.45, 2.75) is 136 Å². The van der Waals surface area contributed by atoms with E-state index in [2.05, 4.69) is 86.6 Å². The molecule has 2 atom stereocenters. The van der Waals surface area contributed by atoms with Crippen molar-refractivity contribution in [2.75, 3.05) is 65.3 Å². The summed E-state index contributed by atoms with van der Waals surface area (Å²) >= 11 is 5.61. The monoisotopic (exact) mass is 1180 g/mol. The van der Waals surface area contributed by atoms with Gasteiger partial charge in [0, 0.05) is 39.8 Å². The van der Waals surface area contributed by atoms with Crippen LogP contribution >= 0.6 is 49.5 Å². The second kappa shape index (κ2) is 29.8. The quantitative estimate of drug-likeness (QED) is 0.0253. The summed E-state index contributed by atoms with van der Waals surface area (Å²) in [5.41, 5.74) is 7.43. The molecule has 0 radical (unpaired) electrons. The van der Waals surface area contributed by atoms with Crippen LogP contribution in [-0.2, 0) is 44.7 Å². The molecule has 0 N–H and O–H groups in total. The zero-order chi connectivity index (χ0) is 54.2. The van der Waals surface area contributed by atoms with Crippen molar-refractivity contribution in [3.8, 4) is 35.1 Å². The van der Waals surface area contributed by atoms with Gasteiger partial charge in [0.15, 0.2) is 0 Å².